The quantitative estimate of drug-likeness (QED) is 0.603. The van der Waals surface area contributed by atoms with Gasteiger partial charge in [0.2, 0.25) is 0 Å². The van der Waals surface area contributed by atoms with Crippen molar-refractivity contribution >= 4 is 17.7 Å². The molecule has 5 heteroatoms. The third-order valence-electron chi connectivity index (χ3n) is 1.98. The molecule has 16 heavy (non-hydrogen) atoms. The summed E-state index contributed by atoms with van der Waals surface area (Å²) in [6.07, 6.45) is 1.68. The summed E-state index contributed by atoms with van der Waals surface area (Å²) < 4.78 is 31.8. The zero-order valence-electron chi connectivity index (χ0n) is 9.00. The summed E-state index contributed by atoms with van der Waals surface area (Å²) in [5.41, 5.74) is -0.305. The predicted octanol–water partition coefficient (Wildman–Crippen LogP) is 3.06. The van der Waals surface area contributed by atoms with Gasteiger partial charge in [-0.15, -0.1) is 11.8 Å². The van der Waals surface area contributed by atoms with Crippen molar-refractivity contribution in [3.05, 3.63) is 29.8 Å². The van der Waals surface area contributed by atoms with Crippen molar-refractivity contribution in [1.82, 2.24) is 0 Å². The molecule has 0 aliphatic rings. The van der Waals surface area contributed by atoms with Crippen molar-refractivity contribution in [2.75, 3.05) is 12.9 Å². The van der Waals surface area contributed by atoms with E-state index in [1.54, 1.807) is 18.4 Å². The van der Waals surface area contributed by atoms with Crippen LogP contribution in [0, 0.1) is 0 Å². The summed E-state index contributed by atoms with van der Waals surface area (Å²) in [7, 11) is 0. The molecular formula is C11H12F2O2S. The third kappa shape index (κ3) is 2.52. The van der Waals surface area contributed by atoms with Gasteiger partial charge < -0.3 is 4.74 Å². The number of carbonyl (C=O) groups is 1. The van der Waals surface area contributed by atoms with Gasteiger partial charge in [-0.3, -0.25) is 0 Å². The van der Waals surface area contributed by atoms with Crippen LogP contribution in [0.3, 0.4) is 0 Å². The second-order valence-corrected chi connectivity index (χ2v) is 3.84. The van der Waals surface area contributed by atoms with Crippen molar-refractivity contribution < 1.29 is 18.3 Å². The maximum atomic E-state index is 13.7. The lowest BCUT2D eigenvalue weighted by Crippen LogP contribution is -2.28. The molecule has 0 unspecified atom stereocenters. The molecule has 0 aromatic heterocycles. The fourth-order valence-corrected chi connectivity index (χ4v) is 1.87. The molecule has 0 aliphatic heterocycles. The molecule has 1 aromatic rings. The van der Waals surface area contributed by atoms with Gasteiger partial charge in [0.25, 0.3) is 0 Å². The number of rotatable bonds is 4. The summed E-state index contributed by atoms with van der Waals surface area (Å²) in [6.45, 7) is 1.43. The maximum Gasteiger partial charge on any atom is 0.382 e. The van der Waals surface area contributed by atoms with E-state index < -0.39 is 11.9 Å². The van der Waals surface area contributed by atoms with Gasteiger partial charge in [0.05, 0.1) is 6.61 Å². The van der Waals surface area contributed by atoms with Gasteiger partial charge in [0.1, 0.15) is 0 Å². The number of carbonyl (C=O) groups excluding carboxylic acids is 1. The molecule has 0 spiro atoms. The number of benzene rings is 1. The van der Waals surface area contributed by atoms with Crippen LogP contribution in [0.4, 0.5) is 8.78 Å². The topological polar surface area (TPSA) is 26.3 Å². The van der Waals surface area contributed by atoms with Crippen molar-refractivity contribution in [3.8, 4) is 0 Å². The Hall–Kier alpha value is -1.10. The molecule has 2 nitrogen and oxygen atoms in total. The third-order valence-corrected chi connectivity index (χ3v) is 2.77. The molecular weight excluding hydrogens is 234 g/mol. The Morgan fingerprint density at radius 2 is 2.06 bits per heavy atom. The minimum atomic E-state index is -3.59. The van der Waals surface area contributed by atoms with E-state index in [0.29, 0.717) is 4.90 Å². The first-order chi connectivity index (χ1) is 7.54. The molecule has 88 valence electrons. The molecule has 0 N–H and O–H groups in total. The van der Waals surface area contributed by atoms with Gasteiger partial charge in [0.15, 0.2) is 0 Å². The van der Waals surface area contributed by atoms with Crippen molar-refractivity contribution in [3.63, 3.8) is 0 Å². The van der Waals surface area contributed by atoms with Crippen molar-refractivity contribution in [1.29, 1.82) is 0 Å². The van der Waals surface area contributed by atoms with Crippen LogP contribution in [-0.4, -0.2) is 18.8 Å². The number of hydrogen-bond acceptors (Lipinski definition) is 3. The molecule has 0 amide bonds. The Kier molecular flexibility index (Phi) is 4.29. The Morgan fingerprint density at radius 3 is 2.62 bits per heavy atom. The van der Waals surface area contributed by atoms with Gasteiger partial charge in [-0.1, -0.05) is 18.2 Å². The Morgan fingerprint density at radius 1 is 1.44 bits per heavy atom. The molecule has 1 aromatic carbocycles. The van der Waals surface area contributed by atoms with Crippen LogP contribution in [0.15, 0.2) is 29.2 Å². The van der Waals surface area contributed by atoms with Gasteiger partial charge in [-0.2, -0.15) is 8.78 Å². The minimum Gasteiger partial charge on any atom is -0.461 e. The lowest BCUT2D eigenvalue weighted by Gasteiger charge is -2.17. The van der Waals surface area contributed by atoms with E-state index in [1.807, 2.05) is 0 Å². The number of thioether (sulfide) groups is 1. The van der Waals surface area contributed by atoms with E-state index in [2.05, 4.69) is 4.74 Å². The van der Waals surface area contributed by atoms with E-state index in [1.165, 1.54) is 30.8 Å². The standard InChI is InChI=1S/C11H12F2O2S/c1-3-15-10(14)11(12,13)8-6-4-5-7-9(8)16-2/h4-7H,3H2,1-2H3. The van der Waals surface area contributed by atoms with Crippen molar-refractivity contribution in [2.45, 2.75) is 17.7 Å². The van der Waals surface area contributed by atoms with E-state index in [-0.39, 0.29) is 12.2 Å². The lowest BCUT2D eigenvalue weighted by molar-refractivity contribution is -0.173. The van der Waals surface area contributed by atoms with Gasteiger partial charge >= 0.3 is 11.9 Å². The molecule has 0 aliphatic carbocycles. The number of alkyl halides is 2. The average molecular weight is 246 g/mol. The number of ether oxygens (including phenoxy) is 1. The van der Waals surface area contributed by atoms with Crippen LogP contribution in [0.2, 0.25) is 0 Å². The average Bonchev–Trinajstić information content (AvgIpc) is 2.29. The smallest absolute Gasteiger partial charge is 0.382 e. The summed E-state index contributed by atoms with van der Waals surface area (Å²) in [5, 5.41) is 0. The molecule has 0 heterocycles. The Balaban J connectivity index is 3.10. The largest absolute Gasteiger partial charge is 0.461 e. The summed E-state index contributed by atoms with van der Waals surface area (Å²) in [5.74, 6) is -5.09. The van der Waals surface area contributed by atoms with Crippen LogP contribution in [-0.2, 0) is 15.5 Å². The number of halogens is 2. The molecule has 0 atom stereocenters. The highest BCUT2D eigenvalue weighted by Crippen LogP contribution is 2.35. The van der Waals surface area contributed by atoms with Crippen molar-refractivity contribution in [2.24, 2.45) is 0 Å². The monoisotopic (exact) mass is 246 g/mol. The van der Waals surface area contributed by atoms with Crippen LogP contribution < -0.4 is 0 Å². The van der Waals surface area contributed by atoms with Crippen LogP contribution in [0.25, 0.3) is 0 Å². The van der Waals surface area contributed by atoms with E-state index in [9.17, 15) is 13.6 Å². The lowest BCUT2D eigenvalue weighted by atomic mass is 10.1. The highest BCUT2D eigenvalue weighted by atomic mass is 32.2. The Labute approximate surface area is 97.0 Å². The molecule has 0 fully saturated rings. The fourth-order valence-electron chi connectivity index (χ4n) is 1.24. The predicted molar refractivity (Wildman–Crippen MR) is 58.8 cm³/mol. The molecule has 0 saturated heterocycles. The van der Waals surface area contributed by atoms with Gasteiger partial charge in [-0.25, -0.2) is 4.79 Å². The molecule has 1 rings (SSSR count). The van der Waals surface area contributed by atoms with Gasteiger partial charge in [-0.05, 0) is 19.2 Å². The van der Waals surface area contributed by atoms with Crippen LogP contribution in [0.1, 0.15) is 12.5 Å². The highest BCUT2D eigenvalue weighted by Gasteiger charge is 2.44. The fraction of sp³-hybridized carbons (Fsp3) is 0.364. The van der Waals surface area contributed by atoms with Gasteiger partial charge in [0, 0.05) is 10.5 Å². The number of hydrogen-bond donors (Lipinski definition) is 0. The zero-order chi connectivity index (χ0) is 12.2. The van der Waals surface area contributed by atoms with E-state index in [4.69, 9.17) is 0 Å². The molecule has 0 saturated carbocycles. The second kappa shape index (κ2) is 5.30. The summed E-state index contributed by atoms with van der Waals surface area (Å²) in [4.78, 5) is 11.5. The highest BCUT2D eigenvalue weighted by molar-refractivity contribution is 7.98. The van der Waals surface area contributed by atoms with Crippen LogP contribution >= 0.6 is 11.8 Å². The second-order valence-electron chi connectivity index (χ2n) is 3.00. The van der Waals surface area contributed by atoms with E-state index >= 15 is 0 Å². The SMILES string of the molecule is CCOC(=O)C(F)(F)c1ccccc1SC. The first-order valence-electron chi connectivity index (χ1n) is 4.72. The van der Waals surface area contributed by atoms with E-state index in [0.717, 1.165) is 0 Å². The summed E-state index contributed by atoms with van der Waals surface area (Å²) >= 11 is 1.17. The first-order valence-corrected chi connectivity index (χ1v) is 5.95. The van der Waals surface area contributed by atoms with Crippen LogP contribution in [0.5, 0.6) is 0 Å². The first kappa shape index (κ1) is 13.0. The molecule has 0 bridgehead atoms. The minimum absolute atomic E-state index is 0.0597. The Bertz CT molecular complexity index is 380. The maximum absolute atomic E-state index is 13.7. The summed E-state index contributed by atoms with van der Waals surface area (Å²) in [6, 6.07) is 5.91. The number of esters is 1. The molecule has 0 radical (unpaired) electrons. The zero-order valence-corrected chi connectivity index (χ0v) is 9.81. The normalized spacial score (nSPS) is 11.2.